The van der Waals surface area contributed by atoms with Crippen LogP contribution in [0.5, 0.6) is 0 Å². The van der Waals surface area contributed by atoms with Crippen molar-refractivity contribution in [3.63, 3.8) is 0 Å². The van der Waals surface area contributed by atoms with Crippen LogP contribution in [0.2, 0.25) is 0 Å². The lowest BCUT2D eigenvalue weighted by molar-refractivity contribution is -0.134. The van der Waals surface area contributed by atoms with Crippen molar-refractivity contribution in [2.24, 2.45) is 5.92 Å². The van der Waals surface area contributed by atoms with Crippen LogP contribution in [0.3, 0.4) is 0 Å². The molecular formula is C25H29N5O. The maximum atomic E-state index is 12.8. The average Bonchev–Trinajstić information content (AvgIpc) is 3.31. The van der Waals surface area contributed by atoms with Crippen molar-refractivity contribution in [3.05, 3.63) is 66.7 Å². The number of rotatable bonds is 7. The lowest BCUT2D eigenvalue weighted by atomic mass is 10.0. The Morgan fingerprint density at radius 3 is 2.65 bits per heavy atom. The molecule has 1 fully saturated rings. The molecule has 1 aromatic carbocycles. The topological polar surface area (TPSA) is 71.0 Å². The van der Waals surface area contributed by atoms with Gasteiger partial charge >= 0.3 is 0 Å². The third-order valence-corrected chi connectivity index (χ3v) is 5.95. The van der Waals surface area contributed by atoms with Crippen molar-refractivity contribution in [1.29, 1.82) is 0 Å². The van der Waals surface area contributed by atoms with Crippen LogP contribution in [0.25, 0.3) is 11.3 Å². The van der Waals surface area contributed by atoms with Crippen LogP contribution in [0, 0.1) is 5.92 Å². The highest BCUT2D eigenvalue weighted by atomic mass is 16.2. The smallest absolute Gasteiger partial charge is 0.225 e. The molecule has 0 spiro atoms. The minimum atomic E-state index is 0.108. The van der Waals surface area contributed by atoms with Crippen molar-refractivity contribution in [3.8, 4) is 11.3 Å². The number of aromatic nitrogens is 3. The van der Waals surface area contributed by atoms with Crippen LogP contribution in [0.1, 0.15) is 44.9 Å². The normalized spacial score (nSPS) is 16.0. The summed E-state index contributed by atoms with van der Waals surface area (Å²) >= 11 is 0. The summed E-state index contributed by atoms with van der Waals surface area (Å²) in [5.41, 5.74) is 2.76. The average molecular weight is 416 g/mol. The SMILES string of the molecule is CCC(CC)C(=O)N1CCC(c2nc(Nc3ccccc3)cc(-c3cccnc3)n2)C1. The molecule has 4 rings (SSSR count). The highest BCUT2D eigenvalue weighted by Gasteiger charge is 2.32. The maximum Gasteiger partial charge on any atom is 0.225 e. The van der Waals surface area contributed by atoms with Gasteiger partial charge in [0.25, 0.3) is 0 Å². The zero-order chi connectivity index (χ0) is 21.6. The predicted octanol–water partition coefficient (Wildman–Crippen LogP) is 5.03. The quantitative estimate of drug-likeness (QED) is 0.586. The van der Waals surface area contributed by atoms with Crippen molar-refractivity contribution in [1.82, 2.24) is 19.9 Å². The van der Waals surface area contributed by atoms with Gasteiger partial charge in [-0.1, -0.05) is 32.0 Å². The number of pyridine rings is 1. The fourth-order valence-electron chi connectivity index (χ4n) is 4.11. The minimum Gasteiger partial charge on any atom is -0.342 e. The summed E-state index contributed by atoms with van der Waals surface area (Å²) in [6, 6.07) is 15.9. The van der Waals surface area contributed by atoms with E-state index in [0.717, 1.165) is 54.4 Å². The van der Waals surface area contributed by atoms with Crippen molar-refractivity contribution in [2.45, 2.75) is 39.0 Å². The van der Waals surface area contributed by atoms with E-state index in [0.29, 0.717) is 6.54 Å². The molecule has 1 atom stereocenters. The number of anilines is 2. The van der Waals surface area contributed by atoms with Gasteiger partial charge in [0.15, 0.2) is 0 Å². The Balaban J connectivity index is 1.62. The van der Waals surface area contributed by atoms with E-state index in [4.69, 9.17) is 9.97 Å². The molecular weight excluding hydrogens is 386 g/mol. The minimum absolute atomic E-state index is 0.108. The lowest BCUT2D eigenvalue weighted by Crippen LogP contribution is -2.34. The van der Waals surface area contributed by atoms with E-state index >= 15 is 0 Å². The molecule has 1 aliphatic rings. The zero-order valence-corrected chi connectivity index (χ0v) is 18.2. The summed E-state index contributed by atoms with van der Waals surface area (Å²) < 4.78 is 0. The highest BCUT2D eigenvalue weighted by molar-refractivity contribution is 5.79. The first-order valence-electron chi connectivity index (χ1n) is 11.1. The number of nitrogens with zero attached hydrogens (tertiary/aromatic N) is 4. The number of nitrogens with one attached hydrogen (secondary N) is 1. The number of hydrogen-bond acceptors (Lipinski definition) is 5. The van der Waals surface area contributed by atoms with Gasteiger partial charge in [0, 0.05) is 54.6 Å². The van der Waals surface area contributed by atoms with Crippen molar-refractivity contribution in [2.75, 3.05) is 18.4 Å². The number of carbonyl (C=O) groups excluding carboxylic acids is 1. The second-order valence-electron chi connectivity index (χ2n) is 8.01. The molecule has 31 heavy (non-hydrogen) atoms. The van der Waals surface area contributed by atoms with E-state index in [-0.39, 0.29) is 17.7 Å². The first kappa shape index (κ1) is 21.0. The third-order valence-electron chi connectivity index (χ3n) is 5.95. The molecule has 6 nitrogen and oxygen atoms in total. The Morgan fingerprint density at radius 1 is 1.13 bits per heavy atom. The molecule has 160 valence electrons. The van der Waals surface area contributed by atoms with Crippen LogP contribution >= 0.6 is 0 Å². The van der Waals surface area contributed by atoms with Crippen LogP contribution in [-0.2, 0) is 4.79 Å². The Morgan fingerprint density at radius 2 is 1.94 bits per heavy atom. The second kappa shape index (κ2) is 9.69. The van der Waals surface area contributed by atoms with E-state index in [1.165, 1.54) is 0 Å². The fourth-order valence-corrected chi connectivity index (χ4v) is 4.11. The number of likely N-dealkylation sites (tertiary alicyclic amines) is 1. The van der Waals surface area contributed by atoms with Crippen molar-refractivity contribution < 1.29 is 4.79 Å². The van der Waals surface area contributed by atoms with Gasteiger partial charge in [-0.3, -0.25) is 9.78 Å². The van der Waals surface area contributed by atoms with Gasteiger partial charge in [0.2, 0.25) is 5.91 Å². The molecule has 1 amide bonds. The molecule has 1 aliphatic heterocycles. The number of benzene rings is 1. The number of amides is 1. The highest BCUT2D eigenvalue weighted by Crippen LogP contribution is 2.30. The molecule has 6 heteroatoms. The first-order valence-corrected chi connectivity index (χ1v) is 11.1. The van der Waals surface area contributed by atoms with E-state index in [1.54, 1.807) is 6.20 Å². The monoisotopic (exact) mass is 415 g/mol. The Kier molecular flexibility index (Phi) is 6.55. The number of para-hydroxylation sites is 1. The van der Waals surface area contributed by atoms with Crippen LogP contribution in [0.15, 0.2) is 60.9 Å². The molecule has 2 aromatic heterocycles. The summed E-state index contributed by atoms with van der Waals surface area (Å²) in [7, 11) is 0. The van der Waals surface area contributed by atoms with E-state index < -0.39 is 0 Å². The van der Waals surface area contributed by atoms with Gasteiger partial charge in [-0.15, -0.1) is 0 Å². The number of hydrogen-bond donors (Lipinski definition) is 1. The van der Waals surface area contributed by atoms with Gasteiger partial charge < -0.3 is 10.2 Å². The predicted molar refractivity (Wildman–Crippen MR) is 123 cm³/mol. The first-order chi connectivity index (χ1) is 15.2. The summed E-state index contributed by atoms with van der Waals surface area (Å²) in [6.07, 6.45) is 6.22. The van der Waals surface area contributed by atoms with Gasteiger partial charge in [0.1, 0.15) is 11.6 Å². The summed E-state index contributed by atoms with van der Waals surface area (Å²) in [6.45, 7) is 5.61. The molecule has 1 saturated heterocycles. The van der Waals surface area contributed by atoms with Gasteiger partial charge in [0.05, 0.1) is 5.69 Å². The Hall–Kier alpha value is -3.28. The maximum absolute atomic E-state index is 12.8. The standard InChI is InChI=1S/C25H29N5O/c1-3-18(4-2)25(31)30-14-12-20(17-30)24-28-22(19-9-8-13-26-16-19)15-23(29-24)27-21-10-6-5-7-11-21/h5-11,13,15-16,18,20H,3-4,12,14,17H2,1-2H3,(H,27,28,29). The Bertz CT molecular complexity index is 1000. The van der Waals surface area contributed by atoms with E-state index in [1.807, 2.05) is 59.6 Å². The van der Waals surface area contributed by atoms with Crippen LogP contribution < -0.4 is 5.32 Å². The summed E-state index contributed by atoms with van der Waals surface area (Å²) in [5, 5.41) is 3.40. The molecule has 1 N–H and O–H groups in total. The fraction of sp³-hybridized carbons (Fsp3) is 0.360. The zero-order valence-electron chi connectivity index (χ0n) is 18.2. The van der Waals surface area contributed by atoms with E-state index in [9.17, 15) is 4.79 Å². The molecule has 0 aliphatic carbocycles. The van der Waals surface area contributed by atoms with Gasteiger partial charge in [-0.05, 0) is 43.5 Å². The molecule has 0 saturated carbocycles. The number of carbonyl (C=O) groups is 1. The molecule has 1 unspecified atom stereocenters. The molecule has 0 radical (unpaired) electrons. The summed E-state index contributed by atoms with van der Waals surface area (Å²) in [5.74, 6) is 2.03. The van der Waals surface area contributed by atoms with Crippen LogP contribution in [-0.4, -0.2) is 38.8 Å². The second-order valence-corrected chi connectivity index (χ2v) is 8.01. The van der Waals surface area contributed by atoms with Crippen LogP contribution in [0.4, 0.5) is 11.5 Å². The van der Waals surface area contributed by atoms with Crippen molar-refractivity contribution >= 4 is 17.4 Å². The summed E-state index contributed by atoms with van der Waals surface area (Å²) in [4.78, 5) is 28.8. The molecule has 0 bridgehead atoms. The van der Waals surface area contributed by atoms with Gasteiger partial charge in [-0.2, -0.15) is 0 Å². The molecule has 3 heterocycles. The Labute approximate surface area is 183 Å². The lowest BCUT2D eigenvalue weighted by Gasteiger charge is -2.21. The third kappa shape index (κ3) is 4.90. The molecule has 3 aromatic rings. The van der Waals surface area contributed by atoms with E-state index in [2.05, 4.69) is 24.1 Å². The largest absolute Gasteiger partial charge is 0.342 e. The van der Waals surface area contributed by atoms with Gasteiger partial charge in [-0.25, -0.2) is 9.97 Å².